The average molecular weight is 426 g/mol. The van der Waals surface area contributed by atoms with Crippen molar-refractivity contribution in [1.29, 1.82) is 0 Å². The lowest BCUT2D eigenvalue weighted by Gasteiger charge is -2.29. The maximum atomic E-state index is 12.2. The predicted octanol–water partition coefficient (Wildman–Crippen LogP) is 1.30. The maximum Gasteiger partial charge on any atom is 0.324 e. The number of hydrogen-bond acceptors (Lipinski definition) is 6. The van der Waals surface area contributed by atoms with Gasteiger partial charge in [0.25, 0.3) is 5.91 Å². The normalized spacial score (nSPS) is 20.3. The lowest BCUT2D eigenvalue weighted by molar-refractivity contribution is -0.149. The molecule has 3 N–H and O–H groups in total. The van der Waals surface area contributed by atoms with Crippen LogP contribution in [0.1, 0.15) is 39.5 Å². The van der Waals surface area contributed by atoms with E-state index < -0.39 is 40.6 Å². The average Bonchev–Trinajstić information content (AvgIpc) is 2.68. The van der Waals surface area contributed by atoms with Crippen molar-refractivity contribution in [3.05, 3.63) is 30.3 Å². The minimum absolute atomic E-state index is 0.00556. The van der Waals surface area contributed by atoms with E-state index in [2.05, 4.69) is 15.4 Å². The molecule has 160 valence electrons. The summed E-state index contributed by atoms with van der Waals surface area (Å²) >= 11 is 0. The summed E-state index contributed by atoms with van der Waals surface area (Å²) in [5, 5.41) is 4.87. The molecule has 29 heavy (non-hydrogen) atoms. The van der Waals surface area contributed by atoms with Crippen molar-refractivity contribution in [2.45, 2.75) is 56.5 Å². The quantitative estimate of drug-likeness (QED) is 0.565. The molecule has 1 aromatic carbocycles. The zero-order valence-electron chi connectivity index (χ0n) is 16.5. The number of imide groups is 1. The second kappa shape index (κ2) is 10.4. The van der Waals surface area contributed by atoms with Crippen molar-refractivity contribution in [2.75, 3.05) is 6.61 Å². The Kier molecular flexibility index (Phi) is 8.15. The molecular weight excluding hydrogens is 398 g/mol. The van der Waals surface area contributed by atoms with E-state index in [1.165, 1.54) is 19.1 Å². The van der Waals surface area contributed by atoms with Gasteiger partial charge in [0.15, 0.2) is 6.61 Å². The molecule has 1 fully saturated rings. The Labute approximate surface area is 170 Å². The molecule has 0 radical (unpaired) electrons. The van der Waals surface area contributed by atoms with Gasteiger partial charge in [-0.2, -0.15) is 4.72 Å². The van der Waals surface area contributed by atoms with E-state index in [-0.39, 0.29) is 10.9 Å². The maximum absolute atomic E-state index is 12.2. The summed E-state index contributed by atoms with van der Waals surface area (Å²) in [5.74, 6) is -1.39. The smallest absolute Gasteiger partial charge is 0.324 e. The summed E-state index contributed by atoms with van der Waals surface area (Å²) in [7, 11) is -3.90. The molecule has 0 aromatic heterocycles. The molecule has 0 saturated heterocycles. The fourth-order valence-corrected chi connectivity index (χ4v) is 4.32. The second-order valence-corrected chi connectivity index (χ2v) is 8.87. The minimum Gasteiger partial charge on any atom is -0.454 e. The summed E-state index contributed by atoms with van der Waals surface area (Å²) in [6.45, 7) is 2.66. The molecule has 2 rings (SSSR count). The lowest BCUT2D eigenvalue weighted by Crippen LogP contribution is -2.49. The van der Waals surface area contributed by atoms with Crippen LogP contribution >= 0.6 is 0 Å². The van der Waals surface area contributed by atoms with Gasteiger partial charge < -0.3 is 10.1 Å². The van der Waals surface area contributed by atoms with Crippen molar-refractivity contribution >= 4 is 27.9 Å². The second-order valence-electron chi connectivity index (χ2n) is 7.15. The van der Waals surface area contributed by atoms with Crippen LogP contribution in [0.3, 0.4) is 0 Å². The molecule has 1 aromatic rings. The van der Waals surface area contributed by atoms with Gasteiger partial charge in [-0.05, 0) is 37.8 Å². The molecule has 10 heteroatoms. The Morgan fingerprint density at radius 1 is 1.14 bits per heavy atom. The molecule has 1 saturated carbocycles. The lowest BCUT2D eigenvalue weighted by atomic mass is 9.86. The highest BCUT2D eigenvalue weighted by atomic mass is 32.2. The van der Waals surface area contributed by atoms with Crippen LogP contribution < -0.4 is 15.4 Å². The molecule has 0 heterocycles. The minimum atomic E-state index is -3.90. The van der Waals surface area contributed by atoms with E-state index in [1.807, 2.05) is 6.92 Å². The standard InChI is InChI=1S/C19H27N3O6S/c1-13-8-6-7-11-16(13)20-19(25)21-17(23)12-28-18(24)14(2)22-29(26,27)15-9-4-3-5-10-15/h3-5,9-10,13-14,16,22H,6-8,11-12H2,1-2H3,(H2,20,21,23,25)/t13?,14-,16?/m0/s1. The van der Waals surface area contributed by atoms with Gasteiger partial charge in [-0.25, -0.2) is 13.2 Å². The van der Waals surface area contributed by atoms with Crippen LogP contribution in [0.5, 0.6) is 0 Å². The summed E-state index contributed by atoms with van der Waals surface area (Å²) < 4.78 is 31.4. The Hall–Kier alpha value is -2.46. The van der Waals surface area contributed by atoms with Crippen LogP contribution in [0.4, 0.5) is 4.79 Å². The highest BCUT2D eigenvalue weighted by molar-refractivity contribution is 7.89. The summed E-state index contributed by atoms with van der Waals surface area (Å²) in [6.07, 6.45) is 4.03. The van der Waals surface area contributed by atoms with Crippen molar-refractivity contribution < 1.29 is 27.5 Å². The fourth-order valence-electron chi connectivity index (χ4n) is 3.11. The van der Waals surface area contributed by atoms with E-state index in [0.717, 1.165) is 25.7 Å². The van der Waals surface area contributed by atoms with Crippen molar-refractivity contribution in [1.82, 2.24) is 15.4 Å². The van der Waals surface area contributed by atoms with Crippen molar-refractivity contribution in [3.63, 3.8) is 0 Å². The Bertz CT molecular complexity index is 828. The summed E-state index contributed by atoms with van der Waals surface area (Å²) in [5.41, 5.74) is 0. The largest absolute Gasteiger partial charge is 0.454 e. The zero-order chi connectivity index (χ0) is 21.4. The number of urea groups is 1. The van der Waals surface area contributed by atoms with Gasteiger partial charge in [0.2, 0.25) is 10.0 Å². The first-order chi connectivity index (χ1) is 13.7. The van der Waals surface area contributed by atoms with Crippen LogP contribution in [-0.4, -0.2) is 45.0 Å². The van der Waals surface area contributed by atoms with Crippen LogP contribution in [0.15, 0.2) is 35.2 Å². The molecule has 0 aliphatic heterocycles. The van der Waals surface area contributed by atoms with Crippen molar-refractivity contribution in [2.24, 2.45) is 5.92 Å². The molecule has 1 aliphatic rings. The van der Waals surface area contributed by atoms with Gasteiger partial charge in [-0.15, -0.1) is 0 Å². The molecule has 2 unspecified atom stereocenters. The van der Waals surface area contributed by atoms with E-state index >= 15 is 0 Å². The summed E-state index contributed by atoms with van der Waals surface area (Å²) in [6, 6.07) is 5.72. The van der Waals surface area contributed by atoms with Crippen LogP contribution in [0, 0.1) is 5.92 Å². The SMILES string of the molecule is CC1CCCCC1NC(=O)NC(=O)COC(=O)[C@H](C)NS(=O)(=O)c1ccccc1. The molecule has 3 atom stereocenters. The van der Waals surface area contributed by atoms with E-state index in [9.17, 15) is 22.8 Å². The number of carbonyl (C=O) groups excluding carboxylic acids is 3. The number of sulfonamides is 1. The molecule has 9 nitrogen and oxygen atoms in total. The Balaban J connectivity index is 1.76. The topological polar surface area (TPSA) is 131 Å². The number of ether oxygens (including phenoxy) is 1. The van der Waals surface area contributed by atoms with Crippen LogP contribution in [0.2, 0.25) is 0 Å². The van der Waals surface area contributed by atoms with Gasteiger partial charge in [0, 0.05) is 6.04 Å². The number of amides is 3. The van der Waals surface area contributed by atoms with Gasteiger partial charge >= 0.3 is 12.0 Å². The molecule has 1 aliphatic carbocycles. The monoisotopic (exact) mass is 425 g/mol. The van der Waals surface area contributed by atoms with Gasteiger partial charge in [-0.3, -0.25) is 14.9 Å². The highest BCUT2D eigenvalue weighted by Crippen LogP contribution is 2.23. The molecular formula is C19H27N3O6S. The first-order valence-electron chi connectivity index (χ1n) is 9.53. The number of carbonyl (C=O) groups is 3. The van der Waals surface area contributed by atoms with Crippen molar-refractivity contribution in [3.8, 4) is 0 Å². The molecule has 3 amide bonds. The van der Waals surface area contributed by atoms with Gasteiger partial charge in [0.1, 0.15) is 6.04 Å². The Morgan fingerprint density at radius 2 is 1.79 bits per heavy atom. The number of benzene rings is 1. The van der Waals surface area contributed by atoms with Gasteiger partial charge in [0.05, 0.1) is 4.90 Å². The van der Waals surface area contributed by atoms with Crippen LogP contribution in [-0.2, 0) is 24.3 Å². The number of hydrogen-bond donors (Lipinski definition) is 3. The third-order valence-corrected chi connectivity index (χ3v) is 6.32. The van der Waals surface area contributed by atoms with Crippen LogP contribution in [0.25, 0.3) is 0 Å². The predicted molar refractivity (Wildman–Crippen MR) is 105 cm³/mol. The van der Waals surface area contributed by atoms with E-state index in [0.29, 0.717) is 5.92 Å². The highest BCUT2D eigenvalue weighted by Gasteiger charge is 2.25. The Morgan fingerprint density at radius 3 is 2.45 bits per heavy atom. The van der Waals surface area contributed by atoms with E-state index in [1.54, 1.807) is 18.2 Å². The summed E-state index contributed by atoms with van der Waals surface area (Å²) in [4.78, 5) is 35.7. The molecule has 0 bridgehead atoms. The van der Waals surface area contributed by atoms with E-state index in [4.69, 9.17) is 4.74 Å². The number of rotatable bonds is 7. The fraction of sp³-hybridized carbons (Fsp3) is 0.526. The first kappa shape index (κ1) is 22.8. The number of nitrogens with one attached hydrogen (secondary N) is 3. The third kappa shape index (κ3) is 7.13. The first-order valence-corrected chi connectivity index (χ1v) is 11.0. The van der Waals surface area contributed by atoms with Gasteiger partial charge in [-0.1, -0.05) is 38.0 Å². The zero-order valence-corrected chi connectivity index (χ0v) is 17.3. The number of esters is 1. The third-order valence-electron chi connectivity index (χ3n) is 4.77. The molecule has 0 spiro atoms.